The number of rotatable bonds is 7. The van der Waals surface area contributed by atoms with Crippen molar-refractivity contribution in [2.75, 3.05) is 26.2 Å². The predicted octanol–water partition coefficient (Wildman–Crippen LogP) is -0.0348. The Bertz CT molecular complexity index is 338. The maximum absolute atomic E-state index is 12.1. The Morgan fingerprint density at radius 2 is 1.94 bits per heavy atom. The molecule has 0 rings (SSSR count). The van der Waals surface area contributed by atoms with E-state index in [0.29, 0.717) is 4.90 Å². The average Bonchev–Trinajstić information content (AvgIpc) is 2.13. The minimum absolute atomic E-state index is 0.0161. The van der Waals surface area contributed by atoms with E-state index in [-0.39, 0.29) is 13.0 Å². The summed E-state index contributed by atoms with van der Waals surface area (Å²) in [6.45, 7) is -3.03. The minimum Gasteiger partial charge on any atom is -0.480 e. The van der Waals surface area contributed by atoms with Crippen LogP contribution in [0.2, 0.25) is 0 Å². The fraction of sp³-hybridized carbons (Fsp3) is 0.667. The zero-order chi connectivity index (χ0) is 14.2. The molecule has 1 amide bonds. The van der Waals surface area contributed by atoms with Crippen molar-refractivity contribution in [3.05, 3.63) is 0 Å². The summed E-state index contributed by atoms with van der Waals surface area (Å²) in [4.78, 5) is 22.0. The number of hydrogen-bond donors (Lipinski definition) is 2. The van der Waals surface area contributed by atoms with Gasteiger partial charge in [-0.15, -0.1) is 0 Å². The van der Waals surface area contributed by atoms with Gasteiger partial charge in [0.25, 0.3) is 0 Å². The van der Waals surface area contributed by atoms with Crippen LogP contribution in [0.25, 0.3) is 0 Å². The molecule has 0 fully saturated rings. The van der Waals surface area contributed by atoms with E-state index >= 15 is 0 Å². The Balaban J connectivity index is 4.27. The highest BCUT2D eigenvalue weighted by atomic mass is 19.4. The monoisotopic (exact) mass is 267 g/mol. The van der Waals surface area contributed by atoms with Gasteiger partial charge in [-0.2, -0.15) is 18.4 Å². The van der Waals surface area contributed by atoms with Gasteiger partial charge in [-0.25, -0.2) is 0 Å². The van der Waals surface area contributed by atoms with Crippen molar-refractivity contribution in [3.8, 4) is 6.07 Å². The van der Waals surface area contributed by atoms with Crippen LogP contribution in [0.15, 0.2) is 0 Å². The number of carboxylic acids is 1. The fourth-order valence-corrected chi connectivity index (χ4v) is 1.13. The molecular weight excluding hydrogens is 255 g/mol. The Morgan fingerprint density at radius 1 is 1.33 bits per heavy atom. The van der Waals surface area contributed by atoms with Crippen LogP contribution in [0.3, 0.4) is 0 Å². The number of carbonyl (C=O) groups is 2. The van der Waals surface area contributed by atoms with Crippen LogP contribution in [0, 0.1) is 11.3 Å². The van der Waals surface area contributed by atoms with Crippen molar-refractivity contribution < 1.29 is 27.9 Å². The van der Waals surface area contributed by atoms with Crippen LogP contribution in [0.5, 0.6) is 0 Å². The molecule has 0 aliphatic carbocycles. The normalized spacial score (nSPS) is 11.1. The standard InChI is InChI=1S/C9H12F3N3O3/c10-9(11,12)6-15(5-8(17)18)4-7(16)14-3-1-2-13/h1,3-6H2,(H,14,16)(H,17,18). The molecule has 0 saturated heterocycles. The van der Waals surface area contributed by atoms with Gasteiger partial charge < -0.3 is 10.4 Å². The molecule has 6 nitrogen and oxygen atoms in total. The number of alkyl halides is 3. The van der Waals surface area contributed by atoms with Gasteiger partial charge in [-0.3, -0.25) is 14.5 Å². The second kappa shape index (κ2) is 7.50. The van der Waals surface area contributed by atoms with E-state index in [0.717, 1.165) is 0 Å². The van der Waals surface area contributed by atoms with Crippen molar-refractivity contribution in [1.82, 2.24) is 10.2 Å². The van der Waals surface area contributed by atoms with E-state index in [9.17, 15) is 22.8 Å². The lowest BCUT2D eigenvalue weighted by Crippen LogP contribution is -2.44. The first-order valence-electron chi connectivity index (χ1n) is 4.89. The first kappa shape index (κ1) is 16.2. The molecule has 0 saturated carbocycles. The number of nitriles is 1. The fourth-order valence-electron chi connectivity index (χ4n) is 1.13. The van der Waals surface area contributed by atoms with Crippen LogP contribution in [0.4, 0.5) is 13.2 Å². The third-order valence-corrected chi connectivity index (χ3v) is 1.69. The lowest BCUT2D eigenvalue weighted by molar-refractivity contribution is -0.155. The topological polar surface area (TPSA) is 93.4 Å². The van der Waals surface area contributed by atoms with Crippen LogP contribution < -0.4 is 5.32 Å². The van der Waals surface area contributed by atoms with Crippen LogP contribution in [0.1, 0.15) is 6.42 Å². The Morgan fingerprint density at radius 3 is 2.39 bits per heavy atom. The highest BCUT2D eigenvalue weighted by Crippen LogP contribution is 2.16. The molecule has 9 heteroatoms. The minimum atomic E-state index is -4.58. The third kappa shape index (κ3) is 9.41. The molecule has 0 aromatic heterocycles. The molecule has 0 aliphatic heterocycles. The summed E-state index contributed by atoms with van der Waals surface area (Å²) in [5.74, 6) is -2.21. The maximum atomic E-state index is 12.1. The molecule has 0 aromatic rings. The molecule has 0 heterocycles. The number of nitrogens with one attached hydrogen (secondary N) is 1. The van der Waals surface area contributed by atoms with E-state index in [2.05, 4.69) is 5.32 Å². The molecule has 0 bridgehead atoms. The first-order valence-corrected chi connectivity index (χ1v) is 4.89. The summed E-state index contributed by atoms with van der Waals surface area (Å²) >= 11 is 0. The molecule has 0 spiro atoms. The summed E-state index contributed by atoms with van der Waals surface area (Å²) in [6, 6.07) is 1.74. The third-order valence-electron chi connectivity index (χ3n) is 1.69. The quantitative estimate of drug-likeness (QED) is 0.631. The van der Waals surface area contributed by atoms with E-state index in [1.165, 1.54) is 0 Å². The van der Waals surface area contributed by atoms with E-state index in [4.69, 9.17) is 10.4 Å². The van der Waals surface area contributed by atoms with Crippen molar-refractivity contribution in [2.24, 2.45) is 0 Å². The van der Waals surface area contributed by atoms with Gasteiger partial charge in [0.2, 0.25) is 5.91 Å². The highest BCUT2D eigenvalue weighted by molar-refractivity contribution is 5.79. The molecule has 18 heavy (non-hydrogen) atoms. The van der Waals surface area contributed by atoms with Gasteiger partial charge in [0.15, 0.2) is 0 Å². The number of carboxylic acid groups (broad SMARTS) is 1. The van der Waals surface area contributed by atoms with Crippen molar-refractivity contribution in [1.29, 1.82) is 5.26 Å². The molecule has 0 aliphatic rings. The van der Waals surface area contributed by atoms with Crippen LogP contribution >= 0.6 is 0 Å². The number of amides is 1. The second-order valence-electron chi connectivity index (χ2n) is 3.41. The van der Waals surface area contributed by atoms with Gasteiger partial charge in [0, 0.05) is 6.54 Å². The van der Waals surface area contributed by atoms with Crippen molar-refractivity contribution in [2.45, 2.75) is 12.6 Å². The summed E-state index contributed by atoms with van der Waals surface area (Å²) < 4.78 is 36.3. The molecule has 0 radical (unpaired) electrons. The predicted molar refractivity (Wildman–Crippen MR) is 53.4 cm³/mol. The second-order valence-corrected chi connectivity index (χ2v) is 3.41. The lowest BCUT2D eigenvalue weighted by Gasteiger charge is -2.20. The van der Waals surface area contributed by atoms with Crippen molar-refractivity contribution >= 4 is 11.9 Å². The Hall–Kier alpha value is -1.82. The molecule has 102 valence electrons. The number of carbonyl (C=O) groups excluding carboxylic acids is 1. The van der Waals surface area contributed by atoms with E-state index in [1.54, 1.807) is 6.07 Å². The SMILES string of the molecule is N#CCCNC(=O)CN(CC(=O)O)CC(F)(F)F. The number of halogens is 3. The summed E-state index contributed by atoms with van der Waals surface area (Å²) in [5.41, 5.74) is 0. The largest absolute Gasteiger partial charge is 0.480 e. The van der Waals surface area contributed by atoms with Crippen LogP contribution in [-0.4, -0.2) is 54.2 Å². The molecule has 2 N–H and O–H groups in total. The maximum Gasteiger partial charge on any atom is 0.401 e. The van der Waals surface area contributed by atoms with Crippen molar-refractivity contribution in [3.63, 3.8) is 0 Å². The molecule has 0 unspecified atom stereocenters. The number of nitrogens with zero attached hydrogens (tertiary/aromatic N) is 2. The van der Waals surface area contributed by atoms with Gasteiger partial charge >= 0.3 is 12.1 Å². The zero-order valence-electron chi connectivity index (χ0n) is 9.33. The van der Waals surface area contributed by atoms with Gasteiger partial charge in [0.05, 0.1) is 32.1 Å². The van der Waals surface area contributed by atoms with Gasteiger partial charge in [-0.1, -0.05) is 0 Å². The smallest absolute Gasteiger partial charge is 0.401 e. The van der Waals surface area contributed by atoms with Crippen LogP contribution in [-0.2, 0) is 9.59 Å². The summed E-state index contributed by atoms with van der Waals surface area (Å²) in [5, 5.41) is 18.8. The van der Waals surface area contributed by atoms with Gasteiger partial charge in [0.1, 0.15) is 0 Å². The van der Waals surface area contributed by atoms with Gasteiger partial charge in [-0.05, 0) is 0 Å². The molecule has 0 aromatic carbocycles. The van der Waals surface area contributed by atoms with E-state index in [1.807, 2.05) is 0 Å². The average molecular weight is 267 g/mol. The number of aliphatic carboxylic acids is 1. The lowest BCUT2D eigenvalue weighted by atomic mass is 10.4. The zero-order valence-corrected chi connectivity index (χ0v) is 9.33. The first-order chi connectivity index (χ1) is 8.24. The Labute approximate surface area is 101 Å². The molecular formula is C9H12F3N3O3. The summed E-state index contributed by atoms with van der Waals surface area (Å²) in [6.07, 6.45) is -4.55. The Kier molecular flexibility index (Phi) is 6.74. The summed E-state index contributed by atoms with van der Waals surface area (Å²) in [7, 11) is 0. The molecule has 0 atom stereocenters. The number of hydrogen-bond acceptors (Lipinski definition) is 4. The highest BCUT2D eigenvalue weighted by Gasteiger charge is 2.32. The van der Waals surface area contributed by atoms with E-state index < -0.39 is 37.7 Å².